The van der Waals surface area contributed by atoms with Crippen molar-refractivity contribution in [1.82, 2.24) is 9.80 Å². The van der Waals surface area contributed by atoms with Gasteiger partial charge in [-0.1, -0.05) is 29.9 Å². The standard InChI is InChI=1S/C23H24N2O3/c26-21-8-3-7-17-16-11-15(12-20(17)21)13-24(14-16)9-4-10-25-22(27)18-5-1-2-6-19(18)23(25)28/h1-3,5-8,15-16,20H,4,9-14H2/t15-,16-,20-/m0/s1. The van der Waals surface area contributed by atoms with Gasteiger partial charge in [0.1, 0.15) is 0 Å². The average Bonchev–Trinajstić information content (AvgIpc) is 2.94. The van der Waals surface area contributed by atoms with E-state index >= 15 is 0 Å². The van der Waals surface area contributed by atoms with Crippen molar-refractivity contribution in [1.29, 1.82) is 0 Å². The van der Waals surface area contributed by atoms with Crippen molar-refractivity contribution in [3.8, 4) is 0 Å². The molecule has 1 aromatic carbocycles. The number of likely N-dealkylation sites (tertiary alicyclic amines) is 1. The van der Waals surface area contributed by atoms with E-state index in [1.54, 1.807) is 30.3 Å². The van der Waals surface area contributed by atoms with Crippen LogP contribution in [0.2, 0.25) is 0 Å². The second-order valence-corrected chi connectivity index (χ2v) is 8.44. The lowest BCUT2D eigenvalue weighted by Crippen LogP contribution is -2.47. The molecule has 1 saturated carbocycles. The molecular formula is C23H24N2O3. The van der Waals surface area contributed by atoms with Crippen molar-refractivity contribution in [2.75, 3.05) is 26.2 Å². The molecule has 2 amide bonds. The molecule has 1 aromatic rings. The molecule has 5 nitrogen and oxygen atoms in total. The molecule has 0 unspecified atom stereocenters. The summed E-state index contributed by atoms with van der Waals surface area (Å²) in [6.07, 6.45) is 8.69. The third-order valence-electron chi connectivity index (χ3n) is 6.68. The molecule has 2 heterocycles. The number of amides is 2. The molecule has 2 aliphatic heterocycles. The van der Waals surface area contributed by atoms with Crippen LogP contribution in [0.5, 0.6) is 0 Å². The molecule has 144 valence electrons. The van der Waals surface area contributed by atoms with Crippen LogP contribution in [0.25, 0.3) is 0 Å². The Morgan fingerprint density at radius 1 is 0.929 bits per heavy atom. The summed E-state index contributed by atoms with van der Waals surface area (Å²) in [4.78, 5) is 41.0. The van der Waals surface area contributed by atoms with Crippen LogP contribution in [-0.4, -0.2) is 53.6 Å². The van der Waals surface area contributed by atoms with Crippen LogP contribution >= 0.6 is 0 Å². The maximum atomic E-state index is 12.5. The minimum absolute atomic E-state index is 0.106. The van der Waals surface area contributed by atoms with Gasteiger partial charge in [0, 0.05) is 25.6 Å². The number of piperidine rings is 1. The minimum Gasteiger partial charge on any atom is -0.302 e. The summed E-state index contributed by atoms with van der Waals surface area (Å²) in [6, 6.07) is 7.05. The quantitative estimate of drug-likeness (QED) is 0.758. The first-order valence-electron chi connectivity index (χ1n) is 10.2. The summed E-state index contributed by atoms with van der Waals surface area (Å²) in [5, 5.41) is 0. The number of hydrogen-bond acceptors (Lipinski definition) is 4. The predicted octanol–water partition coefficient (Wildman–Crippen LogP) is 2.70. The zero-order chi connectivity index (χ0) is 19.3. The van der Waals surface area contributed by atoms with E-state index in [4.69, 9.17) is 0 Å². The number of benzene rings is 1. The number of carbonyl (C=O) groups excluding carboxylic acids is 3. The van der Waals surface area contributed by atoms with Gasteiger partial charge in [-0.05, 0) is 55.9 Å². The molecule has 5 heteroatoms. The second kappa shape index (κ2) is 6.82. The average molecular weight is 376 g/mol. The smallest absolute Gasteiger partial charge is 0.261 e. The molecule has 5 rings (SSSR count). The summed E-state index contributed by atoms with van der Waals surface area (Å²) in [6.45, 7) is 3.33. The molecular weight excluding hydrogens is 352 g/mol. The van der Waals surface area contributed by atoms with Crippen LogP contribution in [0.3, 0.4) is 0 Å². The number of allylic oxidation sites excluding steroid dienone is 3. The molecule has 0 aromatic heterocycles. The lowest BCUT2D eigenvalue weighted by atomic mass is 9.66. The van der Waals surface area contributed by atoms with Gasteiger partial charge in [-0.25, -0.2) is 0 Å². The maximum Gasteiger partial charge on any atom is 0.261 e. The van der Waals surface area contributed by atoms with Crippen molar-refractivity contribution in [2.45, 2.75) is 19.3 Å². The van der Waals surface area contributed by atoms with Gasteiger partial charge in [0.2, 0.25) is 0 Å². The molecule has 0 radical (unpaired) electrons. The molecule has 2 aliphatic carbocycles. The lowest BCUT2D eigenvalue weighted by molar-refractivity contribution is -0.119. The molecule has 0 N–H and O–H groups in total. The Bertz CT molecular complexity index is 881. The van der Waals surface area contributed by atoms with E-state index in [1.165, 1.54) is 16.9 Å². The van der Waals surface area contributed by atoms with Crippen molar-refractivity contribution >= 4 is 17.6 Å². The monoisotopic (exact) mass is 376 g/mol. The first-order valence-corrected chi connectivity index (χ1v) is 10.2. The highest BCUT2D eigenvalue weighted by atomic mass is 16.2. The lowest BCUT2D eigenvalue weighted by Gasteiger charge is -2.46. The molecule has 4 aliphatic rings. The van der Waals surface area contributed by atoms with Gasteiger partial charge < -0.3 is 4.90 Å². The number of rotatable bonds is 4. The number of fused-ring (bicyclic) bond motifs is 5. The van der Waals surface area contributed by atoms with Crippen LogP contribution in [-0.2, 0) is 4.79 Å². The number of carbonyl (C=O) groups is 3. The van der Waals surface area contributed by atoms with E-state index in [2.05, 4.69) is 11.0 Å². The molecule has 2 fully saturated rings. The third kappa shape index (κ3) is 2.85. The number of ketones is 1. The first-order chi connectivity index (χ1) is 13.6. The van der Waals surface area contributed by atoms with E-state index in [0.717, 1.165) is 32.5 Å². The van der Waals surface area contributed by atoms with E-state index in [-0.39, 0.29) is 23.5 Å². The third-order valence-corrected chi connectivity index (χ3v) is 6.68. The molecule has 28 heavy (non-hydrogen) atoms. The summed E-state index contributed by atoms with van der Waals surface area (Å²) < 4.78 is 0. The van der Waals surface area contributed by atoms with Crippen LogP contribution in [0.1, 0.15) is 40.0 Å². The van der Waals surface area contributed by atoms with Crippen LogP contribution in [0.15, 0.2) is 48.1 Å². The highest BCUT2D eigenvalue weighted by molar-refractivity contribution is 6.21. The SMILES string of the molecule is O=C1C=CC=C2[C@H]3C[C@@H](C[C@H]12)CN(CCCN1C(=O)c2ccccc2C1=O)C3. The molecule has 3 atom stereocenters. The Labute approximate surface area is 164 Å². The molecule has 1 saturated heterocycles. The van der Waals surface area contributed by atoms with Crippen LogP contribution in [0.4, 0.5) is 0 Å². The zero-order valence-electron chi connectivity index (χ0n) is 15.8. The Balaban J connectivity index is 1.20. The van der Waals surface area contributed by atoms with Crippen molar-refractivity contribution in [2.24, 2.45) is 17.8 Å². The Morgan fingerprint density at radius 2 is 1.68 bits per heavy atom. The van der Waals surface area contributed by atoms with Crippen LogP contribution in [0, 0.1) is 17.8 Å². The van der Waals surface area contributed by atoms with Crippen molar-refractivity contribution in [3.05, 3.63) is 59.2 Å². The van der Waals surface area contributed by atoms with E-state index in [1.807, 2.05) is 6.08 Å². The van der Waals surface area contributed by atoms with Gasteiger partial charge >= 0.3 is 0 Å². The summed E-state index contributed by atoms with van der Waals surface area (Å²) in [5.41, 5.74) is 2.36. The minimum atomic E-state index is -0.170. The van der Waals surface area contributed by atoms with Gasteiger partial charge in [0.05, 0.1) is 11.1 Å². The van der Waals surface area contributed by atoms with E-state index < -0.39 is 0 Å². The van der Waals surface area contributed by atoms with Gasteiger partial charge in [-0.3, -0.25) is 19.3 Å². The largest absolute Gasteiger partial charge is 0.302 e. The Kier molecular flexibility index (Phi) is 4.27. The number of imide groups is 1. The number of hydrogen-bond donors (Lipinski definition) is 0. The zero-order valence-corrected chi connectivity index (χ0v) is 15.8. The predicted molar refractivity (Wildman–Crippen MR) is 105 cm³/mol. The molecule has 2 bridgehead atoms. The van der Waals surface area contributed by atoms with Gasteiger partial charge in [0.15, 0.2) is 5.78 Å². The highest BCUT2D eigenvalue weighted by Crippen LogP contribution is 2.43. The topological polar surface area (TPSA) is 57.7 Å². The van der Waals surface area contributed by atoms with E-state index in [0.29, 0.717) is 29.5 Å². The van der Waals surface area contributed by atoms with Crippen molar-refractivity contribution < 1.29 is 14.4 Å². The highest BCUT2D eigenvalue weighted by Gasteiger charge is 2.41. The Morgan fingerprint density at radius 3 is 2.43 bits per heavy atom. The fraction of sp³-hybridized carbons (Fsp3) is 0.435. The molecule has 0 spiro atoms. The van der Waals surface area contributed by atoms with E-state index in [9.17, 15) is 14.4 Å². The van der Waals surface area contributed by atoms with Gasteiger partial charge in [-0.2, -0.15) is 0 Å². The van der Waals surface area contributed by atoms with Gasteiger partial charge in [0.25, 0.3) is 11.8 Å². The first kappa shape index (κ1) is 17.6. The Hall–Kier alpha value is -2.53. The fourth-order valence-electron chi connectivity index (χ4n) is 5.45. The van der Waals surface area contributed by atoms with Crippen LogP contribution < -0.4 is 0 Å². The second-order valence-electron chi connectivity index (χ2n) is 8.44. The maximum absolute atomic E-state index is 12.5. The number of nitrogens with zero attached hydrogens (tertiary/aromatic N) is 2. The summed E-state index contributed by atoms with van der Waals surface area (Å²) in [5.74, 6) is 1.06. The summed E-state index contributed by atoms with van der Waals surface area (Å²) in [7, 11) is 0. The van der Waals surface area contributed by atoms with Gasteiger partial charge in [-0.15, -0.1) is 0 Å². The normalized spacial score (nSPS) is 29.0. The summed E-state index contributed by atoms with van der Waals surface area (Å²) >= 11 is 0. The fourth-order valence-corrected chi connectivity index (χ4v) is 5.45. The van der Waals surface area contributed by atoms with Crippen molar-refractivity contribution in [3.63, 3.8) is 0 Å².